The van der Waals surface area contributed by atoms with Crippen LogP contribution in [0.3, 0.4) is 0 Å². The summed E-state index contributed by atoms with van der Waals surface area (Å²) in [5, 5.41) is 4.34. The molecule has 1 aliphatic rings. The zero-order valence-electron chi connectivity index (χ0n) is 9.87. The third-order valence-electron chi connectivity index (χ3n) is 3.76. The summed E-state index contributed by atoms with van der Waals surface area (Å²) in [6.45, 7) is 4.06. The minimum absolute atomic E-state index is 0.133. The van der Waals surface area contributed by atoms with E-state index in [0.717, 1.165) is 36.0 Å². The van der Waals surface area contributed by atoms with Crippen LogP contribution in [-0.2, 0) is 0 Å². The summed E-state index contributed by atoms with van der Waals surface area (Å²) in [7, 11) is 0. The summed E-state index contributed by atoms with van der Waals surface area (Å²) in [6.07, 6.45) is 2.61. The highest BCUT2D eigenvalue weighted by atomic mass is 19.1. The van der Waals surface area contributed by atoms with E-state index in [9.17, 15) is 4.39 Å². The Labute approximate surface area is 99.8 Å². The fourth-order valence-electron chi connectivity index (χ4n) is 2.82. The molecule has 0 spiro atoms. The van der Waals surface area contributed by atoms with Crippen LogP contribution < -0.4 is 5.32 Å². The second-order valence-electron chi connectivity index (χ2n) is 4.88. The van der Waals surface area contributed by atoms with Gasteiger partial charge in [0, 0.05) is 10.9 Å². The van der Waals surface area contributed by atoms with Gasteiger partial charge in [0.2, 0.25) is 0 Å². The van der Waals surface area contributed by atoms with Crippen LogP contribution in [0.5, 0.6) is 0 Å². The van der Waals surface area contributed by atoms with Gasteiger partial charge in [0.15, 0.2) is 0 Å². The average molecular weight is 233 g/mol. The summed E-state index contributed by atoms with van der Waals surface area (Å²) >= 11 is 0. The molecule has 2 aromatic rings. The lowest BCUT2D eigenvalue weighted by atomic mass is 9.81. The van der Waals surface area contributed by atoms with Gasteiger partial charge in [-0.2, -0.15) is 0 Å². The van der Waals surface area contributed by atoms with Gasteiger partial charge in [0.1, 0.15) is 11.4 Å². The van der Waals surface area contributed by atoms with Crippen LogP contribution in [0.1, 0.15) is 24.8 Å². The minimum atomic E-state index is -0.133. The molecule has 1 N–H and O–H groups in total. The first-order chi connectivity index (χ1) is 8.27. The van der Waals surface area contributed by atoms with E-state index in [4.69, 9.17) is 4.42 Å². The predicted molar refractivity (Wildman–Crippen MR) is 65.6 cm³/mol. The maximum Gasteiger partial charge on any atom is 0.140 e. The molecule has 1 fully saturated rings. The first-order valence-corrected chi connectivity index (χ1v) is 6.13. The van der Waals surface area contributed by atoms with Crippen molar-refractivity contribution in [3.8, 4) is 0 Å². The molecule has 1 aromatic heterocycles. The maximum atomic E-state index is 14.1. The van der Waals surface area contributed by atoms with Crippen LogP contribution in [0.2, 0.25) is 0 Å². The lowest BCUT2D eigenvalue weighted by molar-refractivity contribution is 0.341. The number of furan rings is 1. The van der Waals surface area contributed by atoms with Crippen LogP contribution in [0, 0.1) is 11.7 Å². The molecule has 2 atom stereocenters. The fraction of sp³-hybridized carbons (Fsp3) is 0.429. The quantitative estimate of drug-likeness (QED) is 0.817. The molecule has 90 valence electrons. The van der Waals surface area contributed by atoms with Gasteiger partial charge < -0.3 is 9.73 Å². The van der Waals surface area contributed by atoms with Gasteiger partial charge in [-0.3, -0.25) is 0 Å². The van der Waals surface area contributed by atoms with E-state index in [2.05, 4.69) is 12.2 Å². The summed E-state index contributed by atoms with van der Waals surface area (Å²) in [5.41, 5.74) is 1.49. The van der Waals surface area contributed by atoms with Crippen molar-refractivity contribution in [3.05, 3.63) is 35.8 Å². The van der Waals surface area contributed by atoms with Crippen LogP contribution in [0.4, 0.5) is 4.39 Å². The Morgan fingerprint density at radius 1 is 1.35 bits per heavy atom. The molecule has 0 saturated carbocycles. The summed E-state index contributed by atoms with van der Waals surface area (Å²) in [4.78, 5) is 0. The van der Waals surface area contributed by atoms with Crippen molar-refractivity contribution in [2.75, 3.05) is 13.1 Å². The average Bonchev–Trinajstić information content (AvgIpc) is 2.79. The number of halogens is 1. The third kappa shape index (κ3) is 1.75. The van der Waals surface area contributed by atoms with Gasteiger partial charge in [-0.25, -0.2) is 4.39 Å². The number of nitrogens with one attached hydrogen (secondary N) is 1. The van der Waals surface area contributed by atoms with E-state index in [1.54, 1.807) is 18.4 Å². The van der Waals surface area contributed by atoms with Crippen molar-refractivity contribution < 1.29 is 8.81 Å². The van der Waals surface area contributed by atoms with E-state index in [1.165, 1.54) is 0 Å². The molecular formula is C14H16FNO. The van der Waals surface area contributed by atoms with E-state index >= 15 is 0 Å². The number of hydrogen-bond acceptors (Lipinski definition) is 2. The van der Waals surface area contributed by atoms with Gasteiger partial charge in [-0.05, 0) is 49.5 Å². The van der Waals surface area contributed by atoms with Crippen LogP contribution in [0.25, 0.3) is 11.0 Å². The van der Waals surface area contributed by atoms with E-state index < -0.39 is 0 Å². The largest absolute Gasteiger partial charge is 0.464 e. The van der Waals surface area contributed by atoms with Gasteiger partial charge in [0.25, 0.3) is 0 Å². The molecule has 3 heteroatoms. The highest BCUT2D eigenvalue weighted by molar-refractivity contribution is 5.81. The number of fused-ring (bicyclic) bond motifs is 1. The molecule has 0 aliphatic carbocycles. The Balaban J connectivity index is 2.14. The molecule has 0 amide bonds. The number of benzene rings is 1. The molecule has 1 saturated heterocycles. The number of hydrogen-bond donors (Lipinski definition) is 1. The van der Waals surface area contributed by atoms with E-state index in [0.29, 0.717) is 5.92 Å². The molecule has 0 unspecified atom stereocenters. The molecule has 1 aromatic carbocycles. The molecule has 17 heavy (non-hydrogen) atoms. The molecular weight excluding hydrogens is 217 g/mol. The Bertz CT molecular complexity index is 534. The van der Waals surface area contributed by atoms with E-state index in [-0.39, 0.29) is 11.7 Å². The maximum absolute atomic E-state index is 14.1. The molecule has 2 heterocycles. The molecule has 1 aliphatic heterocycles. The Hall–Kier alpha value is -1.35. The Kier molecular flexibility index (Phi) is 2.63. The Morgan fingerprint density at radius 3 is 3.06 bits per heavy atom. The summed E-state index contributed by atoms with van der Waals surface area (Å²) < 4.78 is 19.5. The lowest BCUT2D eigenvalue weighted by Crippen LogP contribution is -2.34. The van der Waals surface area contributed by atoms with Crippen LogP contribution in [-0.4, -0.2) is 13.1 Å². The normalized spacial score (nSPS) is 25.3. The SMILES string of the molecule is C[C@H]1CNCC[C@@H]1c1c(F)ccc2ccoc12. The highest BCUT2D eigenvalue weighted by Crippen LogP contribution is 2.36. The molecule has 3 rings (SSSR count). The molecule has 0 bridgehead atoms. The summed E-state index contributed by atoms with van der Waals surface area (Å²) in [5.74, 6) is 0.561. The predicted octanol–water partition coefficient (Wildman–Crippen LogP) is 3.28. The van der Waals surface area contributed by atoms with Crippen molar-refractivity contribution in [2.45, 2.75) is 19.3 Å². The monoisotopic (exact) mass is 233 g/mol. The topological polar surface area (TPSA) is 25.2 Å². The van der Waals surface area contributed by atoms with Gasteiger partial charge in [-0.1, -0.05) is 6.92 Å². The smallest absolute Gasteiger partial charge is 0.140 e. The van der Waals surface area contributed by atoms with E-state index in [1.807, 2.05) is 6.07 Å². The first-order valence-electron chi connectivity index (χ1n) is 6.13. The second-order valence-corrected chi connectivity index (χ2v) is 4.88. The fourth-order valence-corrected chi connectivity index (χ4v) is 2.82. The van der Waals surface area contributed by atoms with Gasteiger partial charge >= 0.3 is 0 Å². The molecule has 0 radical (unpaired) electrons. The summed E-state index contributed by atoms with van der Waals surface area (Å²) in [6, 6.07) is 5.23. The highest BCUT2D eigenvalue weighted by Gasteiger charge is 2.27. The van der Waals surface area contributed by atoms with Crippen molar-refractivity contribution in [1.29, 1.82) is 0 Å². The van der Waals surface area contributed by atoms with Gasteiger partial charge in [0.05, 0.1) is 6.26 Å². The van der Waals surface area contributed by atoms with Crippen molar-refractivity contribution in [3.63, 3.8) is 0 Å². The molecule has 2 nitrogen and oxygen atoms in total. The lowest BCUT2D eigenvalue weighted by Gasteiger charge is -2.30. The van der Waals surface area contributed by atoms with Crippen molar-refractivity contribution in [2.24, 2.45) is 5.92 Å². The third-order valence-corrected chi connectivity index (χ3v) is 3.76. The van der Waals surface area contributed by atoms with Crippen LogP contribution in [0.15, 0.2) is 28.9 Å². The Morgan fingerprint density at radius 2 is 2.24 bits per heavy atom. The minimum Gasteiger partial charge on any atom is -0.464 e. The van der Waals surface area contributed by atoms with Crippen LogP contribution >= 0.6 is 0 Å². The number of rotatable bonds is 1. The second kappa shape index (κ2) is 4.15. The number of piperidine rings is 1. The van der Waals surface area contributed by atoms with Crippen molar-refractivity contribution in [1.82, 2.24) is 5.32 Å². The van der Waals surface area contributed by atoms with Crippen molar-refractivity contribution >= 4 is 11.0 Å². The standard InChI is InChI=1S/C14H16FNO/c1-9-8-16-6-4-11(9)13-12(15)3-2-10-5-7-17-14(10)13/h2-3,5,7,9,11,16H,4,6,8H2,1H3/t9-,11-/m0/s1. The zero-order valence-corrected chi connectivity index (χ0v) is 9.87. The van der Waals surface area contributed by atoms with Gasteiger partial charge in [-0.15, -0.1) is 0 Å². The first kappa shape index (κ1) is 10.8. The zero-order chi connectivity index (χ0) is 11.8.